The Balaban J connectivity index is 1.64. The average Bonchev–Trinajstić information content (AvgIpc) is 3.09. The molecule has 7 heteroatoms. The molecule has 4 aliphatic carbocycles. The number of rotatable bonds is 2. The summed E-state index contributed by atoms with van der Waals surface area (Å²) in [6, 6.07) is 0. The van der Waals surface area contributed by atoms with Crippen molar-refractivity contribution < 1.29 is 33.7 Å². The second-order valence-corrected chi connectivity index (χ2v) is 10.9. The summed E-state index contributed by atoms with van der Waals surface area (Å²) in [7, 11) is 0. The molecule has 2 N–H and O–H groups in total. The molecule has 0 aromatic carbocycles. The number of alkyl halides is 1. The van der Waals surface area contributed by atoms with Gasteiger partial charge in [-0.1, -0.05) is 18.6 Å². The Labute approximate surface area is 181 Å². The van der Waals surface area contributed by atoms with E-state index in [9.17, 15) is 19.8 Å². The van der Waals surface area contributed by atoms with E-state index in [0.717, 1.165) is 5.57 Å². The SMILES string of the molecule is CC1(C)OC2CC3C4CCC5=CC(=O)C=CC5(C)C4(F)C(O)CC3(C)[C@]2(C(=O)CO)O1. The maximum Gasteiger partial charge on any atom is 0.193 e. The molecule has 5 aliphatic rings. The molecule has 3 saturated carbocycles. The fraction of sp³-hybridized carbons (Fsp3) is 0.750. The van der Waals surface area contributed by atoms with Gasteiger partial charge in [0.05, 0.1) is 12.2 Å². The molecule has 0 radical (unpaired) electrons. The molecule has 4 fully saturated rings. The van der Waals surface area contributed by atoms with Crippen LogP contribution in [0.15, 0.2) is 23.8 Å². The van der Waals surface area contributed by atoms with Gasteiger partial charge in [0.2, 0.25) is 0 Å². The number of carbonyl (C=O) groups is 2. The van der Waals surface area contributed by atoms with Gasteiger partial charge in [0.25, 0.3) is 0 Å². The smallest absolute Gasteiger partial charge is 0.193 e. The van der Waals surface area contributed by atoms with Crippen molar-refractivity contribution in [3.63, 3.8) is 0 Å². The second kappa shape index (κ2) is 6.13. The summed E-state index contributed by atoms with van der Waals surface area (Å²) in [5, 5.41) is 21.2. The Morgan fingerprint density at radius 1 is 1.26 bits per heavy atom. The van der Waals surface area contributed by atoms with E-state index in [2.05, 4.69) is 0 Å². The fourth-order valence-corrected chi connectivity index (χ4v) is 7.93. The predicted molar refractivity (Wildman–Crippen MR) is 109 cm³/mol. The van der Waals surface area contributed by atoms with Crippen LogP contribution in [-0.4, -0.2) is 57.7 Å². The number of ether oxygens (including phenoxy) is 2. The maximum absolute atomic E-state index is 17.1. The minimum absolute atomic E-state index is 0.0109. The highest BCUT2D eigenvalue weighted by atomic mass is 19.1. The number of hydrogen-bond acceptors (Lipinski definition) is 6. The van der Waals surface area contributed by atoms with E-state index in [4.69, 9.17) is 9.47 Å². The third kappa shape index (κ3) is 2.31. The summed E-state index contributed by atoms with van der Waals surface area (Å²) in [5.74, 6) is -2.46. The summed E-state index contributed by atoms with van der Waals surface area (Å²) in [6.45, 7) is 6.41. The molecule has 7 unspecified atom stereocenters. The first kappa shape index (κ1) is 21.4. The molecule has 31 heavy (non-hydrogen) atoms. The van der Waals surface area contributed by atoms with E-state index >= 15 is 4.39 Å². The van der Waals surface area contributed by atoms with Crippen LogP contribution in [0.2, 0.25) is 0 Å². The van der Waals surface area contributed by atoms with Crippen molar-refractivity contribution >= 4 is 11.6 Å². The zero-order valence-electron chi connectivity index (χ0n) is 18.5. The molecule has 8 atom stereocenters. The summed E-state index contributed by atoms with van der Waals surface area (Å²) in [5.41, 5.74) is -4.66. The normalized spacial score (nSPS) is 52.1. The highest BCUT2D eigenvalue weighted by Crippen LogP contribution is 2.72. The predicted octanol–water partition coefficient (Wildman–Crippen LogP) is 2.42. The van der Waals surface area contributed by atoms with Crippen LogP contribution in [0.25, 0.3) is 0 Å². The first-order valence-corrected chi connectivity index (χ1v) is 11.2. The van der Waals surface area contributed by atoms with Gasteiger partial charge in [-0.05, 0) is 64.5 Å². The van der Waals surface area contributed by atoms with Crippen LogP contribution in [0.5, 0.6) is 0 Å². The number of Topliss-reactive ketones (excluding diaryl/α,β-unsaturated/α-hetero) is 1. The number of aliphatic hydroxyl groups is 2. The average molecular weight is 435 g/mol. The zero-order valence-corrected chi connectivity index (χ0v) is 18.5. The molecule has 6 nitrogen and oxygen atoms in total. The molecule has 1 saturated heterocycles. The van der Waals surface area contributed by atoms with Crippen LogP contribution in [-0.2, 0) is 19.1 Å². The minimum atomic E-state index is -1.98. The van der Waals surface area contributed by atoms with Crippen molar-refractivity contribution in [1.82, 2.24) is 0 Å². The van der Waals surface area contributed by atoms with Crippen molar-refractivity contribution in [3.05, 3.63) is 23.8 Å². The van der Waals surface area contributed by atoms with E-state index in [1.165, 1.54) is 12.2 Å². The topological polar surface area (TPSA) is 93.1 Å². The van der Waals surface area contributed by atoms with Crippen molar-refractivity contribution in [2.24, 2.45) is 22.7 Å². The Morgan fingerprint density at radius 2 is 1.97 bits per heavy atom. The Hall–Kier alpha value is -1.41. The first-order valence-electron chi connectivity index (χ1n) is 11.2. The lowest BCUT2D eigenvalue weighted by molar-refractivity contribution is -0.246. The molecule has 0 spiro atoms. The Kier molecular flexibility index (Phi) is 4.24. The number of hydrogen-bond donors (Lipinski definition) is 2. The number of carbonyl (C=O) groups excluding carboxylic acids is 2. The van der Waals surface area contributed by atoms with Crippen LogP contribution >= 0.6 is 0 Å². The van der Waals surface area contributed by atoms with E-state index in [-0.39, 0.29) is 18.1 Å². The first-order chi connectivity index (χ1) is 14.4. The van der Waals surface area contributed by atoms with Crippen LogP contribution in [0.1, 0.15) is 53.4 Å². The molecule has 170 valence electrons. The van der Waals surface area contributed by atoms with Gasteiger partial charge in [-0.3, -0.25) is 9.59 Å². The van der Waals surface area contributed by atoms with E-state index in [0.29, 0.717) is 19.3 Å². The van der Waals surface area contributed by atoms with Crippen molar-refractivity contribution in [2.75, 3.05) is 6.61 Å². The zero-order chi connectivity index (χ0) is 22.6. The van der Waals surface area contributed by atoms with E-state index < -0.39 is 58.4 Å². The molecule has 0 amide bonds. The monoisotopic (exact) mass is 434 g/mol. The van der Waals surface area contributed by atoms with Crippen LogP contribution in [0, 0.1) is 22.7 Å². The van der Waals surface area contributed by atoms with E-state index in [1.807, 2.05) is 6.92 Å². The maximum atomic E-state index is 17.1. The summed E-state index contributed by atoms with van der Waals surface area (Å²) in [4.78, 5) is 25.1. The number of allylic oxidation sites excluding steroid dienone is 4. The quantitative estimate of drug-likeness (QED) is 0.694. The molecular formula is C24H31FO6. The number of fused-ring (bicyclic) bond motifs is 7. The van der Waals surface area contributed by atoms with Gasteiger partial charge in [0, 0.05) is 16.7 Å². The number of ketones is 2. The molecule has 0 aromatic rings. The molecule has 5 rings (SSSR count). The molecular weight excluding hydrogens is 403 g/mol. The van der Waals surface area contributed by atoms with Crippen LogP contribution < -0.4 is 0 Å². The van der Waals surface area contributed by atoms with Crippen molar-refractivity contribution in [1.29, 1.82) is 0 Å². The minimum Gasteiger partial charge on any atom is -0.390 e. The van der Waals surface area contributed by atoms with Crippen molar-refractivity contribution in [2.45, 2.75) is 82.6 Å². The van der Waals surface area contributed by atoms with Gasteiger partial charge < -0.3 is 19.7 Å². The van der Waals surface area contributed by atoms with Gasteiger partial charge in [-0.25, -0.2) is 4.39 Å². The van der Waals surface area contributed by atoms with E-state index in [1.54, 1.807) is 26.8 Å². The molecule has 0 bridgehead atoms. The van der Waals surface area contributed by atoms with Gasteiger partial charge >= 0.3 is 0 Å². The molecule has 0 aromatic heterocycles. The highest BCUT2D eigenvalue weighted by Gasteiger charge is 2.79. The Bertz CT molecular complexity index is 925. The third-order valence-corrected chi connectivity index (χ3v) is 9.19. The lowest BCUT2D eigenvalue weighted by Crippen LogP contribution is -2.70. The summed E-state index contributed by atoms with van der Waals surface area (Å²) < 4.78 is 29.5. The highest BCUT2D eigenvalue weighted by molar-refractivity contribution is 6.01. The molecule has 1 aliphatic heterocycles. The lowest BCUT2D eigenvalue weighted by Gasteiger charge is -2.62. The Morgan fingerprint density at radius 3 is 2.65 bits per heavy atom. The van der Waals surface area contributed by atoms with Crippen LogP contribution in [0.4, 0.5) is 4.39 Å². The lowest BCUT2D eigenvalue weighted by atomic mass is 9.44. The fourth-order valence-electron chi connectivity index (χ4n) is 7.93. The van der Waals surface area contributed by atoms with Crippen LogP contribution in [0.3, 0.4) is 0 Å². The van der Waals surface area contributed by atoms with Gasteiger partial charge in [-0.15, -0.1) is 0 Å². The number of halogens is 1. The van der Waals surface area contributed by atoms with Gasteiger partial charge in [0.1, 0.15) is 6.61 Å². The molecule has 1 heterocycles. The summed E-state index contributed by atoms with van der Waals surface area (Å²) in [6.07, 6.45) is 4.00. The van der Waals surface area contributed by atoms with Gasteiger partial charge in [0.15, 0.2) is 28.6 Å². The summed E-state index contributed by atoms with van der Waals surface area (Å²) >= 11 is 0. The third-order valence-electron chi connectivity index (χ3n) is 9.19. The van der Waals surface area contributed by atoms with Gasteiger partial charge in [-0.2, -0.15) is 0 Å². The standard InChI is InChI=1S/C24H31FO6/c1-20(2)30-19-10-16-15-6-5-13-9-14(27)7-8-21(13,3)23(15,25)17(28)11-22(16,4)24(19,31-20)18(29)12-26/h7-9,15-17,19,26,28H,5-6,10-12H2,1-4H3/t15?,16?,17?,19?,21?,22?,23?,24-/m1/s1. The number of aliphatic hydroxyl groups excluding tert-OH is 2. The largest absolute Gasteiger partial charge is 0.390 e. The van der Waals surface area contributed by atoms with Crippen molar-refractivity contribution in [3.8, 4) is 0 Å². The second-order valence-electron chi connectivity index (χ2n) is 10.9.